The standard InChI is InChI=1S/C14H24N2O4/c1-10(2)15-11(17)6-4-7-12(18)16-9-5-8-14(16,3)13(19)20/h10H,4-9H2,1-3H3,(H,15,17)(H,19,20). The van der Waals surface area contributed by atoms with Crippen LogP contribution in [0.15, 0.2) is 0 Å². The summed E-state index contributed by atoms with van der Waals surface area (Å²) in [4.78, 5) is 36.3. The Balaban J connectivity index is 2.43. The lowest BCUT2D eigenvalue weighted by Crippen LogP contribution is -2.50. The molecule has 2 N–H and O–H groups in total. The van der Waals surface area contributed by atoms with Gasteiger partial charge in [0.1, 0.15) is 5.54 Å². The minimum Gasteiger partial charge on any atom is -0.480 e. The maximum atomic E-state index is 12.1. The number of hydrogen-bond acceptors (Lipinski definition) is 3. The molecule has 1 aliphatic heterocycles. The molecule has 6 nitrogen and oxygen atoms in total. The molecular formula is C14H24N2O4. The molecule has 0 aromatic heterocycles. The number of amides is 2. The SMILES string of the molecule is CC(C)NC(=O)CCCC(=O)N1CCCC1(C)C(=O)O. The molecule has 2 amide bonds. The molecule has 6 heteroatoms. The number of aliphatic carboxylic acids is 1. The van der Waals surface area contributed by atoms with Crippen LogP contribution in [-0.2, 0) is 14.4 Å². The van der Waals surface area contributed by atoms with Crippen LogP contribution >= 0.6 is 0 Å². The number of nitrogens with one attached hydrogen (secondary N) is 1. The molecule has 0 aromatic rings. The van der Waals surface area contributed by atoms with Crippen molar-refractivity contribution in [1.29, 1.82) is 0 Å². The normalized spacial score (nSPS) is 22.1. The Morgan fingerprint density at radius 3 is 2.50 bits per heavy atom. The van der Waals surface area contributed by atoms with Gasteiger partial charge in [-0.05, 0) is 40.0 Å². The number of carboxylic acid groups (broad SMARTS) is 1. The van der Waals surface area contributed by atoms with E-state index in [-0.39, 0.29) is 24.3 Å². The van der Waals surface area contributed by atoms with E-state index in [4.69, 9.17) is 0 Å². The second-order valence-corrected chi connectivity index (χ2v) is 5.80. The third-order valence-electron chi connectivity index (χ3n) is 3.65. The Bertz CT molecular complexity index is 395. The molecule has 1 aliphatic rings. The molecule has 0 spiro atoms. The Morgan fingerprint density at radius 2 is 1.95 bits per heavy atom. The highest BCUT2D eigenvalue weighted by Gasteiger charge is 2.45. The number of nitrogens with zero attached hydrogens (tertiary/aromatic N) is 1. The monoisotopic (exact) mass is 284 g/mol. The molecule has 20 heavy (non-hydrogen) atoms. The molecule has 1 fully saturated rings. The minimum absolute atomic E-state index is 0.0739. The van der Waals surface area contributed by atoms with Gasteiger partial charge in [-0.1, -0.05) is 0 Å². The smallest absolute Gasteiger partial charge is 0.329 e. The quantitative estimate of drug-likeness (QED) is 0.766. The van der Waals surface area contributed by atoms with Gasteiger partial charge in [0.25, 0.3) is 0 Å². The molecule has 0 aliphatic carbocycles. The topological polar surface area (TPSA) is 86.7 Å². The van der Waals surface area contributed by atoms with Gasteiger partial charge in [0.2, 0.25) is 11.8 Å². The van der Waals surface area contributed by atoms with Gasteiger partial charge >= 0.3 is 5.97 Å². The molecule has 0 aromatic carbocycles. The zero-order valence-electron chi connectivity index (χ0n) is 12.4. The number of carbonyl (C=O) groups excluding carboxylic acids is 2. The van der Waals surface area contributed by atoms with Crippen molar-refractivity contribution < 1.29 is 19.5 Å². The lowest BCUT2D eigenvalue weighted by Gasteiger charge is -2.31. The van der Waals surface area contributed by atoms with Crippen LogP contribution in [0, 0.1) is 0 Å². The van der Waals surface area contributed by atoms with Gasteiger partial charge in [-0.3, -0.25) is 9.59 Å². The van der Waals surface area contributed by atoms with Gasteiger partial charge in [0.15, 0.2) is 0 Å². The maximum Gasteiger partial charge on any atom is 0.329 e. The van der Waals surface area contributed by atoms with Crippen LogP contribution in [0.5, 0.6) is 0 Å². The molecule has 1 rings (SSSR count). The van der Waals surface area contributed by atoms with Crippen LogP contribution in [0.3, 0.4) is 0 Å². The van der Waals surface area contributed by atoms with Crippen LogP contribution in [0.25, 0.3) is 0 Å². The number of hydrogen-bond donors (Lipinski definition) is 2. The summed E-state index contributed by atoms with van der Waals surface area (Å²) in [6, 6.07) is 0.0899. The number of rotatable bonds is 6. The zero-order valence-corrected chi connectivity index (χ0v) is 12.4. The van der Waals surface area contributed by atoms with Crippen molar-refractivity contribution in [3.8, 4) is 0 Å². The Labute approximate surface area is 119 Å². The van der Waals surface area contributed by atoms with Crippen molar-refractivity contribution in [1.82, 2.24) is 10.2 Å². The first-order valence-electron chi connectivity index (χ1n) is 7.10. The van der Waals surface area contributed by atoms with Gasteiger partial charge in [-0.15, -0.1) is 0 Å². The molecule has 1 atom stereocenters. The van der Waals surface area contributed by atoms with Gasteiger partial charge in [-0.25, -0.2) is 4.79 Å². The molecule has 0 bridgehead atoms. The second kappa shape index (κ2) is 6.72. The van der Waals surface area contributed by atoms with Gasteiger partial charge in [0, 0.05) is 25.4 Å². The second-order valence-electron chi connectivity index (χ2n) is 5.80. The van der Waals surface area contributed by atoms with E-state index in [1.54, 1.807) is 6.92 Å². The van der Waals surface area contributed by atoms with E-state index in [2.05, 4.69) is 5.32 Å². The van der Waals surface area contributed by atoms with E-state index >= 15 is 0 Å². The van der Waals surface area contributed by atoms with Crippen LogP contribution in [-0.4, -0.2) is 45.9 Å². The van der Waals surface area contributed by atoms with Gasteiger partial charge in [0.05, 0.1) is 0 Å². The lowest BCUT2D eigenvalue weighted by atomic mass is 9.99. The molecular weight excluding hydrogens is 260 g/mol. The van der Waals surface area contributed by atoms with Gasteiger partial charge in [-0.2, -0.15) is 0 Å². The summed E-state index contributed by atoms with van der Waals surface area (Å²) in [7, 11) is 0. The number of carboxylic acids is 1. The third kappa shape index (κ3) is 3.95. The summed E-state index contributed by atoms with van der Waals surface area (Å²) in [5.74, 6) is -1.21. The van der Waals surface area contributed by atoms with Crippen LogP contribution < -0.4 is 5.32 Å². The highest BCUT2D eigenvalue weighted by molar-refractivity contribution is 5.87. The summed E-state index contributed by atoms with van der Waals surface area (Å²) in [6.45, 7) is 5.84. The van der Waals surface area contributed by atoms with E-state index in [0.29, 0.717) is 32.2 Å². The third-order valence-corrected chi connectivity index (χ3v) is 3.65. The summed E-state index contributed by atoms with van der Waals surface area (Å²) in [6.07, 6.45) is 2.16. The number of likely N-dealkylation sites (tertiary alicyclic amines) is 1. The fraction of sp³-hybridized carbons (Fsp3) is 0.786. The van der Waals surface area contributed by atoms with Crippen molar-refractivity contribution in [2.24, 2.45) is 0 Å². The minimum atomic E-state index is -1.09. The van der Waals surface area contributed by atoms with Crippen LogP contribution in [0.4, 0.5) is 0 Å². The highest BCUT2D eigenvalue weighted by atomic mass is 16.4. The molecule has 0 radical (unpaired) electrons. The van der Waals surface area contributed by atoms with E-state index in [0.717, 1.165) is 0 Å². The van der Waals surface area contributed by atoms with Crippen LogP contribution in [0.2, 0.25) is 0 Å². The molecule has 0 saturated carbocycles. The first-order chi connectivity index (χ1) is 9.27. The predicted molar refractivity (Wildman–Crippen MR) is 74.1 cm³/mol. The van der Waals surface area contributed by atoms with Crippen molar-refractivity contribution >= 4 is 17.8 Å². The van der Waals surface area contributed by atoms with Crippen molar-refractivity contribution in [2.45, 2.75) is 64.5 Å². The largest absolute Gasteiger partial charge is 0.480 e. The van der Waals surface area contributed by atoms with E-state index in [1.165, 1.54) is 4.90 Å². The molecule has 1 unspecified atom stereocenters. The Morgan fingerprint density at radius 1 is 1.30 bits per heavy atom. The summed E-state index contributed by atoms with van der Waals surface area (Å²) in [5.41, 5.74) is -1.09. The highest BCUT2D eigenvalue weighted by Crippen LogP contribution is 2.30. The number of carbonyl (C=O) groups is 3. The first kappa shape index (κ1) is 16.5. The Kier molecular flexibility index (Phi) is 5.53. The average molecular weight is 284 g/mol. The molecule has 1 saturated heterocycles. The maximum absolute atomic E-state index is 12.1. The average Bonchev–Trinajstić information content (AvgIpc) is 2.71. The molecule has 114 valence electrons. The summed E-state index contributed by atoms with van der Waals surface area (Å²) in [5, 5.41) is 12.0. The van der Waals surface area contributed by atoms with E-state index in [1.807, 2.05) is 13.8 Å². The Hall–Kier alpha value is -1.59. The van der Waals surface area contributed by atoms with Crippen molar-refractivity contribution in [3.63, 3.8) is 0 Å². The first-order valence-corrected chi connectivity index (χ1v) is 7.10. The molecule has 1 heterocycles. The zero-order chi connectivity index (χ0) is 15.3. The summed E-state index contributed by atoms with van der Waals surface area (Å²) < 4.78 is 0. The fourth-order valence-electron chi connectivity index (χ4n) is 2.51. The van der Waals surface area contributed by atoms with Crippen molar-refractivity contribution in [2.75, 3.05) is 6.54 Å². The van der Waals surface area contributed by atoms with E-state index < -0.39 is 11.5 Å². The predicted octanol–water partition coefficient (Wildman–Crippen LogP) is 1.15. The summed E-state index contributed by atoms with van der Waals surface area (Å²) >= 11 is 0. The van der Waals surface area contributed by atoms with E-state index in [9.17, 15) is 19.5 Å². The van der Waals surface area contributed by atoms with Gasteiger partial charge < -0.3 is 15.3 Å². The van der Waals surface area contributed by atoms with Crippen molar-refractivity contribution in [3.05, 3.63) is 0 Å². The fourth-order valence-corrected chi connectivity index (χ4v) is 2.51. The lowest BCUT2D eigenvalue weighted by molar-refractivity contribution is -0.155. The van der Waals surface area contributed by atoms with Crippen LogP contribution in [0.1, 0.15) is 52.9 Å².